The number of methoxy groups -OCH3 is 2. The van der Waals surface area contributed by atoms with Crippen molar-refractivity contribution in [3.8, 4) is 11.5 Å². The van der Waals surface area contributed by atoms with Crippen LogP contribution in [0.1, 0.15) is 23.6 Å². The Morgan fingerprint density at radius 1 is 1.18 bits per heavy atom. The van der Waals surface area contributed by atoms with Crippen molar-refractivity contribution in [3.05, 3.63) is 76.7 Å². The molecule has 3 rings (SSSR count). The highest BCUT2D eigenvalue weighted by Crippen LogP contribution is 2.38. The summed E-state index contributed by atoms with van der Waals surface area (Å²) in [5.74, 6) is -0.116. The molecule has 2 amide bonds. The zero-order valence-electron chi connectivity index (χ0n) is 18.7. The van der Waals surface area contributed by atoms with Crippen molar-refractivity contribution in [1.29, 1.82) is 0 Å². The normalized spacial score (nSPS) is 15.5. The number of imide groups is 1. The monoisotopic (exact) mass is 467 g/mol. The minimum atomic E-state index is -1.01. The second-order valence-corrected chi connectivity index (χ2v) is 8.22. The third-order valence-electron chi connectivity index (χ3n) is 5.02. The van der Waals surface area contributed by atoms with Crippen LogP contribution in [0.3, 0.4) is 0 Å². The molecule has 0 aliphatic carbocycles. The highest BCUT2D eigenvalue weighted by Gasteiger charge is 2.41. The van der Waals surface area contributed by atoms with Crippen molar-refractivity contribution in [3.63, 3.8) is 0 Å². The highest BCUT2D eigenvalue weighted by atomic mass is 32.2. The summed E-state index contributed by atoms with van der Waals surface area (Å²) < 4.78 is 16.3. The van der Waals surface area contributed by atoms with E-state index in [0.717, 1.165) is 27.8 Å². The molecule has 33 heavy (non-hydrogen) atoms. The Hall–Kier alpha value is -3.52. The third kappa shape index (κ3) is 5.46. The quantitative estimate of drug-likeness (QED) is 0.303. The molecule has 0 bridgehead atoms. The fourth-order valence-electron chi connectivity index (χ4n) is 3.36. The molecule has 0 saturated carbocycles. The number of nitrogens with zero attached hydrogens (tertiary/aromatic N) is 1. The number of carbonyl (C=O) groups excluding carboxylic acids is 3. The maximum Gasteiger partial charge on any atom is 0.328 e. The van der Waals surface area contributed by atoms with Crippen LogP contribution in [-0.2, 0) is 27.4 Å². The molecule has 1 atom stereocenters. The standard InChI is InChI=1S/C25H25NO6S/c1-5-9-19-12-18(13-20(30-3)22(19)32-15-17-10-7-6-8-11-17)14-21-23(27)26(25(29)33-21)16(2)24(28)31-4/h5-8,10-14,16H,1,9,15H2,2-4H3/b21-14+/t16-/m1/s1. The van der Waals surface area contributed by atoms with E-state index in [1.807, 2.05) is 36.4 Å². The van der Waals surface area contributed by atoms with Crippen LogP contribution < -0.4 is 9.47 Å². The molecule has 0 aromatic heterocycles. The first-order valence-electron chi connectivity index (χ1n) is 10.2. The smallest absolute Gasteiger partial charge is 0.328 e. The fourth-order valence-corrected chi connectivity index (χ4v) is 4.27. The molecule has 1 fully saturated rings. The van der Waals surface area contributed by atoms with Gasteiger partial charge < -0.3 is 14.2 Å². The van der Waals surface area contributed by atoms with Crippen molar-refractivity contribution in [2.75, 3.05) is 14.2 Å². The van der Waals surface area contributed by atoms with Gasteiger partial charge >= 0.3 is 5.97 Å². The molecule has 1 aliphatic heterocycles. The Morgan fingerprint density at radius 3 is 2.55 bits per heavy atom. The molecule has 172 valence electrons. The second kappa shape index (κ2) is 10.9. The number of hydrogen-bond acceptors (Lipinski definition) is 7. The summed E-state index contributed by atoms with van der Waals surface area (Å²) in [6.45, 7) is 5.63. The average molecular weight is 468 g/mol. The van der Waals surface area contributed by atoms with E-state index in [9.17, 15) is 14.4 Å². The summed E-state index contributed by atoms with van der Waals surface area (Å²) in [6, 6.07) is 12.4. The minimum absolute atomic E-state index is 0.209. The van der Waals surface area contributed by atoms with E-state index in [2.05, 4.69) is 11.3 Å². The first-order valence-corrected chi connectivity index (χ1v) is 11.0. The largest absolute Gasteiger partial charge is 0.493 e. The van der Waals surface area contributed by atoms with Gasteiger partial charge in [0, 0.05) is 5.56 Å². The molecular formula is C25H25NO6S. The second-order valence-electron chi connectivity index (χ2n) is 7.23. The maximum atomic E-state index is 12.8. The van der Waals surface area contributed by atoms with Gasteiger partial charge in [-0.1, -0.05) is 36.4 Å². The van der Waals surface area contributed by atoms with Crippen LogP contribution in [0, 0.1) is 0 Å². The van der Waals surface area contributed by atoms with Gasteiger partial charge in [0.1, 0.15) is 12.6 Å². The number of hydrogen-bond donors (Lipinski definition) is 0. The molecular weight excluding hydrogens is 442 g/mol. The number of esters is 1. The lowest BCUT2D eigenvalue weighted by molar-refractivity contribution is -0.148. The summed E-state index contributed by atoms with van der Waals surface area (Å²) in [5.41, 5.74) is 2.50. The van der Waals surface area contributed by atoms with Gasteiger partial charge in [-0.05, 0) is 54.4 Å². The van der Waals surface area contributed by atoms with Gasteiger partial charge in [-0.2, -0.15) is 0 Å². The van der Waals surface area contributed by atoms with E-state index in [4.69, 9.17) is 9.47 Å². The van der Waals surface area contributed by atoms with E-state index in [1.54, 1.807) is 18.2 Å². The van der Waals surface area contributed by atoms with E-state index in [-0.39, 0.29) is 4.91 Å². The van der Waals surface area contributed by atoms with Gasteiger partial charge in [-0.25, -0.2) is 4.79 Å². The van der Waals surface area contributed by atoms with E-state index in [1.165, 1.54) is 21.1 Å². The average Bonchev–Trinajstić information content (AvgIpc) is 3.10. The van der Waals surface area contributed by atoms with Crippen molar-refractivity contribution in [2.45, 2.75) is 26.0 Å². The molecule has 0 spiro atoms. The maximum absolute atomic E-state index is 12.8. The Morgan fingerprint density at radius 2 is 1.91 bits per heavy atom. The van der Waals surface area contributed by atoms with Gasteiger partial charge in [-0.3, -0.25) is 14.5 Å². The van der Waals surface area contributed by atoms with Crippen LogP contribution in [0.5, 0.6) is 11.5 Å². The molecule has 7 nitrogen and oxygen atoms in total. The lowest BCUT2D eigenvalue weighted by Gasteiger charge is -2.18. The molecule has 2 aromatic rings. The summed E-state index contributed by atoms with van der Waals surface area (Å²) in [5, 5.41) is -0.523. The summed E-state index contributed by atoms with van der Waals surface area (Å²) in [6.07, 6.45) is 3.87. The van der Waals surface area contributed by atoms with E-state index < -0.39 is 23.2 Å². The summed E-state index contributed by atoms with van der Waals surface area (Å²) >= 11 is 0.776. The fraction of sp³-hybridized carbons (Fsp3) is 0.240. The Balaban J connectivity index is 1.92. The van der Waals surface area contributed by atoms with Crippen LogP contribution in [0.2, 0.25) is 0 Å². The van der Waals surface area contributed by atoms with Crippen LogP contribution in [0.15, 0.2) is 60.0 Å². The number of ether oxygens (including phenoxy) is 3. The third-order valence-corrected chi connectivity index (χ3v) is 5.90. The number of rotatable bonds is 9. The lowest BCUT2D eigenvalue weighted by Crippen LogP contribution is -2.42. The number of allylic oxidation sites excluding steroid dienone is 1. The van der Waals surface area contributed by atoms with Crippen LogP contribution in [-0.4, -0.2) is 42.3 Å². The zero-order valence-corrected chi connectivity index (χ0v) is 19.5. The lowest BCUT2D eigenvalue weighted by atomic mass is 10.0. The molecule has 0 radical (unpaired) electrons. The molecule has 2 aromatic carbocycles. The number of carbonyl (C=O) groups is 3. The molecule has 1 saturated heterocycles. The van der Waals surface area contributed by atoms with Gasteiger partial charge in [0.25, 0.3) is 11.1 Å². The van der Waals surface area contributed by atoms with Gasteiger partial charge in [0.2, 0.25) is 0 Å². The SMILES string of the molecule is C=CCc1cc(/C=C2/SC(=O)N([C@H](C)C(=O)OC)C2=O)cc(OC)c1OCc1ccccc1. The van der Waals surface area contributed by atoms with Crippen LogP contribution >= 0.6 is 11.8 Å². The van der Waals surface area contributed by atoms with Crippen molar-refractivity contribution in [2.24, 2.45) is 0 Å². The minimum Gasteiger partial charge on any atom is -0.493 e. The molecule has 0 unspecified atom stereocenters. The number of amides is 2. The highest BCUT2D eigenvalue weighted by molar-refractivity contribution is 8.18. The van der Waals surface area contributed by atoms with Crippen molar-refractivity contribution in [1.82, 2.24) is 4.90 Å². The predicted molar refractivity (Wildman–Crippen MR) is 127 cm³/mol. The van der Waals surface area contributed by atoms with Gasteiger partial charge in [0.05, 0.1) is 19.1 Å². The van der Waals surface area contributed by atoms with Crippen LogP contribution in [0.25, 0.3) is 6.08 Å². The van der Waals surface area contributed by atoms with E-state index >= 15 is 0 Å². The Labute approximate surface area is 197 Å². The van der Waals surface area contributed by atoms with Crippen molar-refractivity contribution >= 4 is 35.0 Å². The van der Waals surface area contributed by atoms with Crippen molar-refractivity contribution < 1.29 is 28.6 Å². The first-order chi connectivity index (χ1) is 15.9. The zero-order chi connectivity index (χ0) is 24.0. The molecule has 8 heteroatoms. The summed E-state index contributed by atoms with van der Waals surface area (Å²) in [4.78, 5) is 38.1. The summed E-state index contributed by atoms with van der Waals surface area (Å²) in [7, 11) is 2.75. The molecule has 0 N–H and O–H groups in total. The van der Waals surface area contributed by atoms with Crippen LogP contribution in [0.4, 0.5) is 4.79 Å². The number of thioether (sulfide) groups is 1. The predicted octanol–water partition coefficient (Wildman–Crippen LogP) is 4.60. The van der Waals surface area contributed by atoms with E-state index in [0.29, 0.717) is 30.1 Å². The topological polar surface area (TPSA) is 82.1 Å². The van der Waals surface area contributed by atoms with Gasteiger partial charge in [0.15, 0.2) is 11.5 Å². The Kier molecular flexibility index (Phi) is 7.95. The first kappa shape index (κ1) is 24.1. The molecule has 1 aliphatic rings. The Bertz CT molecular complexity index is 1100. The number of benzene rings is 2. The molecule has 1 heterocycles. The van der Waals surface area contributed by atoms with Gasteiger partial charge in [-0.15, -0.1) is 6.58 Å².